The second-order valence-corrected chi connectivity index (χ2v) is 4.25. The molecule has 0 radical (unpaired) electrons. The minimum atomic E-state index is -0.517. The van der Waals surface area contributed by atoms with Crippen molar-refractivity contribution in [1.82, 2.24) is 14.7 Å². The van der Waals surface area contributed by atoms with Crippen LogP contribution in [0.3, 0.4) is 0 Å². The van der Waals surface area contributed by atoms with Gasteiger partial charge in [-0.3, -0.25) is 9.48 Å². The van der Waals surface area contributed by atoms with Crippen LogP contribution >= 0.6 is 0 Å². The van der Waals surface area contributed by atoms with E-state index in [9.17, 15) is 9.59 Å². The molecule has 0 aromatic carbocycles. The first-order valence-corrected chi connectivity index (χ1v) is 5.72. The Hall–Kier alpha value is -2.05. The summed E-state index contributed by atoms with van der Waals surface area (Å²) in [4.78, 5) is 25.5. The Balaban J connectivity index is 2.26. The molecular weight excluding hydrogens is 236 g/mol. The fraction of sp³-hybridized carbons (Fsp3) is 0.545. The summed E-state index contributed by atoms with van der Waals surface area (Å²) >= 11 is 0. The lowest BCUT2D eigenvalue weighted by Crippen LogP contribution is -2.42. The zero-order chi connectivity index (χ0) is 13.3. The molecule has 2 heterocycles. The Morgan fingerprint density at radius 2 is 2.28 bits per heavy atom. The molecule has 2 N–H and O–H groups in total. The lowest BCUT2D eigenvalue weighted by molar-refractivity contribution is -0.145. The maximum Gasteiger partial charge on any atom is 0.328 e. The number of ether oxygens (including phenoxy) is 1. The van der Waals surface area contributed by atoms with Gasteiger partial charge in [0.25, 0.3) is 5.91 Å². The van der Waals surface area contributed by atoms with Gasteiger partial charge in [0.1, 0.15) is 11.7 Å². The number of likely N-dealkylation sites (tertiary alicyclic amines) is 1. The van der Waals surface area contributed by atoms with Gasteiger partial charge < -0.3 is 15.4 Å². The molecule has 1 fully saturated rings. The number of aryl methyl sites for hydroxylation is 1. The summed E-state index contributed by atoms with van der Waals surface area (Å²) in [7, 11) is 2.97. The minimum absolute atomic E-state index is 0.277. The Morgan fingerprint density at radius 3 is 2.83 bits per heavy atom. The Labute approximate surface area is 104 Å². The van der Waals surface area contributed by atoms with Gasteiger partial charge in [0.2, 0.25) is 0 Å². The van der Waals surface area contributed by atoms with Crippen LogP contribution in [0.4, 0.5) is 5.69 Å². The normalized spacial score (nSPS) is 19.0. The minimum Gasteiger partial charge on any atom is -0.467 e. The van der Waals surface area contributed by atoms with Gasteiger partial charge in [0, 0.05) is 13.6 Å². The topological polar surface area (TPSA) is 90.4 Å². The third-order valence-electron chi connectivity index (χ3n) is 3.16. The van der Waals surface area contributed by atoms with E-state index in [1.54, 1.807) is 7.05 Å². The number of carbonyl (C=O) groups excluding carboxylic acids is 2. The number of esters is 1. The first kappa shape index (κ1) is 12.4. The molecule has 1 aliphatic rings. The number of amides is 1. The molecule has 1 unspecified atom stereocenters. The van der Waals surface area contributed by atoms with Crippen molar-refractivity contribution >= 4 is 17.6 Å². The second-order valence-electron chi connectivity index (χ2n) is 4.25. The monoisotopic (exact) mass is 252 g/mol. The van der Waals surface area contributed by atoms with Gasteiger partial charge in [-0.2, -0.15) is 5.10 Å². The molecule has 1 aliphatic heterocycles. The Kier molecular flexibility index (Phi) is 3.22. The molecule has 7 heteroatoms. The van der Waals surface area contributed by atoms with E-state index in [0.717, 1.165) is 6.42 Å². The molecule has 7 nitrogen and oxygen atoms in total. The summed E-state index contributed by atoms with van der Waals surface area (Å²) in [6.45, 7) is 0.531. The van der Waals surface area contributed by atoms with Gasteiger partial charge in [-0.25, -0.2) is 4.79 Å². The molecule has 1 aromatic heterocycles. The first-order valence-electron chi connectivity index (χ1n) is 5.72. The predicted octanol–water partition coefficient (Wildman–Crippen LogP) is -0.220. The van der Waals surface area contributed by atoms with Crippen LogP contribution in [0.5, 0.6) is 0 Å². The summed E-state index contributed by atoms with van der Waals surface area (Å²) in [5, 5.41) is 3.93. The van der Waals surface area contributed by atoms with Gasteiger partial charge >= 0.3 is 5.97 Å². The van der Waals surface area contributed by atoms with Crippen LogP contribution in [0, 0.1) is 0 Å². The number of nitrogens with zero attached hydrogens (tertiary/aromatic N) is 3. The molecule has 98 valence electrons. The Bertz CT molecular complexity index is 463. The van der Waals surface area contributed by atoms with Crippen LogP contribution in [0.25, 0.3) is 0 Å². The average molecular weight is 252 g/mol. The van der Waals surface area contributed by atoms with Crippen molar-refractivity contribution in [1.29, 1.82) is 0 Å². The highest BCUT2D eigenvalue weighted by molar-refractivity contribution is 5.99. The van der Waals surface area contributed by atoms with Crippen molar-refractivity contribution in [2.45, 2.75) is 18.9 Å². The molecule has 0 spiro atoms. The summed E-state index contributed by atoms with van der Waals surface area (Å²) < 4.78 is 6.13. The third kappa shape index (κ3) is 1.92. The van der Waals surface area contributed by atoms with Crippen LogP contribution in [0.2, 0.25) is 0 Å². The van der Waals surface area contributed by atoms with Crippen LogP contribution < -0.4 is 5.73 Å². The highest BCUT2D eigenvalue weighted by Gasteiger charge is 2.36. The first-order chi connectivity index (χ1) is 8.56. The number of anilines is 1. The number of hydrogen-bond acceptors (Lipinski definition) is 5. The van der Waals surface area contributed by atoms with E-state index in [0.29, 0.717) is 24.3 Å². The molecule has 0 saturated carbocycles. The van der Waals surface area contributed by atoms with E-state index in [1.165, 1.54) is 22.9 Å². The maximum absolute atomic E-state index is 12.4. The summed E-state index contributed by atoms with van der Waals surface area (Å²) in [5.41, 5.74) is 6.35. The van der Waals surface area contributed by atoms with Gasteiger partial charge in [-0.05, 0) is 12.8 Å². The Morgan fingerprint density at radius 1 is 1.56 bits per heavy atom. The van der Waals surface area contributed by atoms with Gasteiger partial charge in [-0.1, -0.05) is 0 Å². The van der Waals surface area contributed by atoms with Gasteiger partial charge in [0.05, 0.1) is 19.0 Å². The molecule has 0 aliphatic carbocycles. The number of nitrogen functional groups attached to an aromatic ring is 1. The lowest BCUT2D eigenvalue weighted by Gasteiger charge is -2.22. The number of nitrogens with two attached hydrogens (primary N) is 1. The zero-order valence-corrected chi connectivity index (χ0v) is 10.4. The van der Waals surface area contributed by atoms with Crippen LogP contribution in [0.15, 0.2) is 6.20 Å². The fourth-order valence-electron chi connectivity index (χ4n) is 2.24. The SMILES string of the molecule is COC(=O)C1CCCN1C(=O)c1c(N)cnn1C. The van der Waals surface area contributed by atoms with Crippen molar-refractivity contribution in [3.8, 4) is 0 Å². The lowest BCUT2D eigenvalue weighted by atomic mass is 10.2. The van der Waals surface area contributed by atoms with Gasteiger partial charge in [0.15, 0.2) is 0 Å². The third-order valence-corrected chi connectivity index (χ3v) is 3.16. The van der Waals surface area contributed by atoms with Crippen molar-refractivity contribution < 1.29 is 14.3 Å². The van der Waals surface area contributed by atoms with Crippen molar-refractivity contribution in [2.75, 3.05) is 19.4 Å². The summed E-state index contributed by atoms with van der Waals surface area (Å²) in [5.74, 6) is -0.665. The predicted molar refractivity (Wildman–Crippen MR) is 63.7 cm³/mol. The molecule has 1 atom stereocenters. The number of methoxy groups -OCH3 is 1. The standard InChI is InChI=1S/C11H16N4O3/c1-14-9(7(12)6-13-14)10(16)15-5-3-4-8(15)11(17)18-2/h6,8H,3-5,12H2,1-2H3. The van der Waals surface area contributed by atoms with Crippen LogP contribution in [-0.4, -0.2) is 46.3 Å². The molecule has 1 saturated heterocycles. The largest absolute Gasteiger partial charge is 0.467 e. The average Bonchev–Trinajstić information content (AvgIpc) is 2.95. The maximum atomic E-state index is 12.4. The van der Waals surface area contributed by atoms with E-state index in [2.05, 4.69) is 5.10 Å². The van der Waals surface area contributed by atoms with E-state index in [-0.39, 0.29) is 11.9 Å². The number of rotatable bonds is 2. The smallest absolute Gasteiger partial charge is 0.328 e. The number of hydrogen-bond donors (Lipinski definition) is 1. The highest BCUT2D eigenvalue weighted by Crippen LogP contribution is 2.22. The van der Waals surface area contributed by atoms with Crippen molar-refractivity contribution in [3.05, 3.63) is 11.9 Å². The van der Waals surface area contributed by atoms with Crippen LogP contribution in [0.1, 0.15) is 23.3 Å². The second kappa shape index (κ2) is 4.67. The highest BCUT2D eigenvalue weighted by atomic mass is 16.5. The molecule has 1 aromatic rings. The zero-order valence-electron chi connectivity index (χ0n) is 10.4. The summed E-state index contributed by atoms with van der Waals surface area (Å²) in [6, 6.07) is -0.517. The number of aromatic nitrogens is 2. The number of carbonyl (C=O) groups is 2. The van der Waals surface area contributed by atoms with E-state index >= 15 is 0 Å². The van der Waals surface area contributed by atoms with E-state index in [1.807, 2.05) is 0 Å². The quantitative estimate of drug-likeness (QED) is 0.735. The van der Waals surface area contributed by atoms with Gasteiger partial charge in [-0.15, -0.1) is 0 Å². The molecule has 18 heavy (non-hydrogen) atoms. The van der Waals surface area contributed by atoms with Crippen molar-refractivity contribution in [2.24, 2.45) is 7.05 Å². The van der Waals surface area contributed by atoms with Crippen molar-refractivity contribution in [3.63, 3.8) is 0 Å². The molecule has 0 bridgehead atoms. The van der Waals surface area contributed by atoms with E-state index < -0.39 is 6.04 Å². The molecule has 1 amide bonds. The summed E-state index contributed by atoms with van der Waals surface area (Å²) in [6.07, 6.45) is 2.83. The molecule has 2 rings (SSSR count). The molecular formula is C11H16N4O3. The fourth-order valence-corrected chi connectivity index (χ4v) is 2.24. The van der Waals surface area contributed by atoms with Crippen LogP contribution in [-0.2, 0) is 16.6 Å². The van der Waals surface area contributed by atoms with E-state index in [4.69, 9.17) is 10.5 Å².